The smallest absolute Gasteiger partial charge is 0.337 e. The lowest BCUT2D eigenvalue weighted by molar-refractivity contribution is -0.156. The van der Waals surface area contributed by atoms with Gasteiger partial charge in [-0.15, -0.1) is 0 Å². The van der Waals surface area contributed by atoms with E-state index in [4.69, 9.17) is 14.2 Å². The summed E-state index contributed by atoms with van der Waals surface area (Å²) in [5.74, 6) is 0.224. The molecule has 0 radical (unpaired) electrons. The van der Waals surface area contributed by atoms with E-state index < -0.39 is 18.2 Å². The maximum absolute atomic E-state index is 11.2. The first-order valence-electron chi connectivity index (χ1n) is 5.50. The fraction of sp³-hybridized carbons (Fsp3) is 0.417. The van der Waals surface area contributed by atoms with Gasteiger partial charge in [-0.3, -0.25) is 0 Å². The van der Waals surface area contributed by atoms with Crippen LogP contribution >= 0.6 is 0 Å². The molecule has 1 aromatic rings. The molecule has 1 aliphatic rings. The average Bonchev–Trinajstić information content (AvgIpc) is 2.91. The highest BCUT2D eigenvalue weighted by molar-refractivity contribution is 5.75. The summed E-state index contributed by atoms with van der Waals surface area (Å²) < 4.78 is 19.9. The maximum Gasteiger partial charge on any atom is 0.337 e. The highest BCUT2D eigenvalue weighted by Gasteiger charge is 2.29. The molecule has 1 aliphatic heterocycles. The standard InChI is InChI=1S/C12H14O7/c1-16-7-3-6(4-8-11(7)19-5-18-8)9(13)10(14)12(15)17-2/h3-4,9-10,13-14H,5H2,1-2H3. The van der Waals surface area contributed by atoms with E-state index in [0.29, 0.717) is 17.2 Å². The van der Waals surface area contributed by atoms with E-state index in [0.717, 1.165) is 7.11 Å². The number of carbonyl (C=O) groups is 1. The summed E-state index contributed by atoms with van der Waals surface area (Å²) in [5.41, 5.74) is 0.263. The Morgan fingerprint density at radius 1 is 1.32 bits per heavy atom. The van der Waals surface area contributed by atoms with Gasteiger partial charge in [-0.05, 0) is 17.7 Å². The highest BCUT2D eigenvalue weighted by Crippen LogP contribution is 2.43. The molecule has 2 N–H and O–H groups in total. The summed E-state index contributed by atoms with van der Waals surface area (Å²) in [6, 6.07) is 2.94. The Morgan fingerprint density at radius 2 is 2.05 bits per heavy atom. The molecule has 1 heterocycles. The zero-order valence-corrected chi connectivity index (χ0v) is 10.5. The van der Waals surface area contributed by atoms with Gasteiger partial charge in [0.2, 0.25) is 12.5 Å². The van der Waals surface area contributed by atoms with E-state index in [9.17, 15) is 15.0 Å². The summed E-state index contributed by atoms with van der Waals surface area (Å²) in [7, 11) is 2.56. The molecule has 7 nitrogen and oxygen atoms in total. The van der Waals surface area contributed by atoms with Crippen LogP contribution in [0.5, 0.6) is 17.2 Å². The van der Waals surface area contributed by atoms with Gasteiger partial charge in [0.05, 0.1) is 14.2 Å². The highest BCUT2D eigenvalue weighted by atomic mass is 16.7. The molecule has 2 rings (SSSR count). The predicted molar refractivity (Wildman–Crippen MR) is 62.1 cm³/mol. The molecule has 0 bridgehead atoms. The molecule has 1 aromatic carbocycles. The van der Waals surface area contributed by atoms with E-state index in [-0.39, 0.29) is 12.4 Å². The normalized spacial score (nSPS) is 15.8. The lowest BCUT2D eigenvalue weighted by Crippen LogP contribution is -2.29. The number of rotatable bonds is 4. The molecule has 2 atom stereocenters. The largest absolute Gasteiger partial charge is 0.493 e. The van der Waals surface area contributed by atoms with Crippen molar-refractivity contribution in [2.24, 2.45) is 0 Å². The minimum absolute atomic E-state index is 0.0464. The second-order valence-electron chi connectivity index (χ2n) is 3.87. The maximum atomic E-state index is 11.2. The van der Waals surface area contributed by atoms with Crippen LogP contribution in [0.15, 0.2) is 12.1 Å². The molecule has 0 fully saturated rings. The van der Waals surface area contributed by atoms with Crippen LogP contribution in [0.3, 0.4) is 0 Å². The second kappa shape index (κ2) is 5.33. The van der Waals surface area contributed by atoms with Crippen LogP contribution in [0.1, 0.15) is 11.7 Å². The van der Waals surface area contributed by atoms with Crippen molar-refractivity contribution in [2.45, 2.75) is 12.2 Å². The van der Waals surface area contributed by atoms with Gasteiger partial charge >= 0.3 is 5.97 Å². The summed E-state index contributed by atoms with van der Waals surface area (Å²) >= 11 is 0. The van der Waals surface area contributed by atoms with Crippen LogP contribution in [-0.2, 0) is 9.53 Å². The number of aliphatic hydroxyl groups is 2. The average molecular weight is 270 g/mol. The molecule has 0 amide bonds. The van der Waals surface area contributed by atoms with E-state index in [1.807, 2.05) is 0 Å². The van der Waals surface area contributed by atoms with Gasteiger partial charge in [0.1, 0.15) is 6.10 Å². The van der Waals surface area contributed by atoms with Crippen molar-refractivity contribution in [3.63, 3.8) is 0 Å². The van der Waals surface area contributed by atoms with Crippen molar-refractivity contribution < 1.29 is 34.0 Å². The lowest BCUT2D eigenvalue weighted by atomic mass is 10.0. The van der Waals surface area contributed by atoms with Gasteiger partial charge < -0.3 is 29.2 Å². The Hall–Kier alpha value is -1.99. The third kappa shape index (κ3) is 2.42. The molecule has 104 valence electrons. The fourth-order valence-electron chi connectivity index (χ4n) is 1.75. The lowest BCUT2D eigenvalue weighted by Gasteiger charge is -2.17. The number of methoxy groups -OCH3 is 2. The van der Waals surface area contributed by atoms with E-state index in [2.05, 4.69) is 4.74 Å². The number of aliphatic hydroxyl groups excluding tert-OH is 2. The summed E-state index contributed by atoms with van der Waals surface area (Å²) in [6.45, 7) is 0.0464. The monoisotopic (exact) mass is 270 g/mol. The Labute approximate surface area is 109 Å². The van der Waals surface area contributed by atoms with Crippen LogP contribution in [0.2, 0.25) is 0 Å². The molecule has 0 saturated carbocycles. The SMILES string of the molecule is COC(=O)C(O)C(O)c1cc(OC)c2c(c1)OCO2. The zero-order valence-electron chi connectivity index (χ0n) is 10.5. The topological polar surface area (TPSA) is 94.5 Å². The molecule has 0 aliphatic carbocycles. The van der Waals surface area contributed by atoms with Crippen molar-refractivity contribution in [3.05, 3.63) is 17.7 Å². The van der Waals surface area contributed by atoms with Crippen LogP contribution < -0.4 is 14.2 Å². The van der Waals surface area contributed by atoms with E-state index in [1.165, 1.54) is 19.2 Å². The van der Waals surface area contributed by atoms with Gasteiger partial charge in [0.25, 0.3) is 0 Å². The molecule has 0 aromatic heterocycles. The van der Waals surface area contributed by atoms with Crippen LogP contribution in [0.25, 0.3) is 0 Å². The molecular weight excluding hydrogens is 256 g/mol. The molecule has 19 heavy (non-hydrogen) atoms. The van der Waals surface area contributed by atoms with Gasteiger partial charge in [-0.25, -0.2) is 4.79 Å². The summed E-state index contributed by atoms with van der Waals surface area (Å²) in [6.07, 6.45) is -3.13. The second-order valence-corrected chi connectivity index (χ2v) is 3.87. The number of fused-ring (bicyclic) bond motifs is 1. The number of carbonyl (C=O) groups excluding carboxylic acids is 1. The van der Waals surface area contributed by atoms with Gasteiger partial charge in [-0.1, -0.05) is 0 Å². The third-order valence-electron chi connectivity index (χ3n) is 2.76. The number of ether oxygens (including phenoxy) is 4. The van der Waals surface area contributed by atoms with Crippen LogP contribution in [0, 0.1) is 0 Å². The molecule has 0 saturated heterocycles. The van der Waals surface area contributed by atoms with E-state index in [1.54, 1.807) is 0 Å². The minimum Gasteiger partial charge on any atom is -0.493 e. The van der Waals surface area contributed by atoms with Crippen molar-refractivity contribution in [1.29, 1.82) is 0 Å². The minimum atomic E-state index is -1.69. The predicted octanol–water partition coefficient (Wildman–Crippen LogP) is -0.00880. The first-order chi connectivity index (χ1) is 9.08. The van der Waals surface area contributed by atoms with Crippen molar-refractivity contribution >= 4 is 5.97 Å². The third-order valence-corrected chi connectivity index (χ3v) is 2.76. The molecular formula is C12H14O7. The first-order valence-corrected chi connectivity index (χ1v) is 5.50. The summed E-state index contributed by atoms with van der Waals surface area (Å²) in [5, 5.41) is 19.6. The van der Waals surface area contributed by atoms with E-state index >= 15 is 0 Å². The van der Waals surface area contributed by atoms with Crippen molar-refractivity contribution in [2.75, 3.05) is 21.0 Å². The fourth-order valence-corrected chi connectivity index (χ4v) is 1.75. The number of hydrogen-bond acceptors (Lipinski definition) is 7. The molecule has 0 spiro atoms. The Balaban J connectivity index is 2.32. The Bertz CT molecular complexity index is 485. The molecule has 2 unspecified atom stereocenters. The van der Waals surface area contributed by atoms with Gasteiger partial charge in [0.15, 0.2) is 17.6 Å². The van der Waals surface area contributed by atoms with Gasteiger partial charge in [0, 0.05) is 0 Å². The number of hydrogen-bond donors (Lipinski definition) is 2. The van der Waals surface area contributed by atoms with Crippen molar-refractivity contribution in [1.82, 2.24) is 0 Å². The Kier molecular flexibility index (Phi) is 3.77. The van der Waals surface area contributed by atoms with Crippen LogP contribution in [0.4, 0.5) is 0 Å². The van der Waals surface area contributed by atoms with Crippen molar-refractivity contribution in [3.8, 4) is 17.2 Å². The number of benzene rings is 1. The molecule has 7 heteroatoms. The Morgan fingerprint density at radius 3 is 2.68 bits per heavy atom. The number of esters is 1. The van der Waals surface area contributed by atoms with Gasteiger partial charge in [-0.2, -0.15) is 0 Å². The quantitative estimate of drug-likeness (QED) is 0.743. The first kappa shape index (κ1) is 13.4. The zero-order chi connectivity index (χ0) is 14.0. The van der Waals surface area contributed by atoms with Crippen LogP contribution in [-0.4, -0.2) is 43.3 Å². The summed E-state index contributed by atoms with van der Waals surface area (Å²) in [4.78, 5) is 11.2.